The lowest BCUT2D eigenvalue weighted by atomic mass is 9.99. The lowest BCUT2D eigenvalue weighted by Crippen LogP contribution is -2.59. The van der Waals surface area contributed by atoms with Crippen LogP contribution < -0.4 is 9.46 Å². The summed E-state index contributed by atoms with van der Waals surface area (Å²) in [5.41, 5.74) is -0.253. The predicted molar refractivity (Wildman–Crippen MR) is 114 cm³/mol. The zero-order valence-corrected chi connectivity index (χ0v) is 18.7. The summed E-state index contributed by atoms with van der Waals surface area (Å²) in [5, 5.41) is 1.70. The third kappa shape index (κ3) is 4.63. The zero-order valence-electron chi connectivity index (χ0n) is 17.1. The van der Waals surface area contributed by atoms with Crippen molar-refractivity contribution in [3.05, 3.63) is 47.3 Å². The van der Waals surface area contributed by atoms with E-state index in [2.05, 4.69) is 9.62 Å². The Labute approximate surface area is 176 Å². The predicted octanol–water partition coefficient (Wildman–Crippen LogP) is 2.33. The summed E-state index contributed by atoms with van der Waals surface area (Å²) in [7, 11) is -0.105. The van der Waals surface area contributed by atoms with Crippen molar-refractivity contribution in [1.82, 2.24) is 14.5 Å². The van der Waals surface area contributed by atoms with Crippen LogP contribution in [-0.4, -0.2) is 63.5 Å². The van der Waals surface area contributed by atoms with E-state index >= 15 is 0 Å². The van der Waals surface area contributed by atoms with Crippen molar-refractivity contribution in [2.24, 2.45) is 0 Å². The van der Waals surface area contributed by atoms with Crippen LogP contribution in [-0.2, 0) is 14.8 Å². The molecule has 1 aromatic heterocycles. The fourth-order valence-corrected chi connectivity index (χ4v) is 5.94. The van der Waals surface area contributed by atoms with E-state index in [0.717, 1.165) is 22.6 Å². The Kier molecular flexibility index (Phi) is 6.33. The Morgan fingerprint density at radius 1 is 1.21 bits per heavy atom. The molecule has 1 aliphatic heterocycles. The molecule has 0 spiro atoms. The van der Waals surface area contributed by atoms with Crippen molar-refractivity contribution < 1.29 is 17.9 Å². The second-order valence-electron chi connectivity index (χ2n) is 7.65. The van der Waals surface area contributed by atoms with E-state index in [9.17, 15) is 13.2 Å². The first-order valence-electron chi connectivity index (χ1n) is 9.36. The van der Waals surface area contributed by atoms with Crippen LogP contribution in [0.15, 0.2) is 46.0 Å². The lowest BCUT2D eigenvalue weighted by molar-refractivity contribution is -0.139. The van der Waals surface area contributed by atoms with E-state index in [0.29, 0.717) is 19.6 Å². The number of para-hydroxylation sites is 1. The van der Waals surface area contributed by atoms with E-state index in [4.69, 9.17) is 4.74 Å². The second kappa shape index (κ2) is 8.43. The number of methoxy groups -OCH3 is 1. The molecule has 2 aromatic rings. The first-order valence-corrected chi connectivity index (χ1v) is 11.7. The number of nitrogens with zero attached hydrogens (tertiary/aromatic N) is 2. The standard InChI is InChI=1S/C20H27N3O4S2/c1-20(2,21-29(25,26)18-10-7-13-28-18)19(24)23-12-11-22(3)16(14-23)15-8-5-6-9-17(15)27-4/h5-10,13,16,21H,11-12,14H2,1-4H3/t16-/m0/s1. The maximum Gasteiger partial charge on any atom is 0.251 e. The van der Waals surface area contributed by atoms with E-state index in [1.54, 1.807) is 37.3 Å². The highest BCUT2D eigenvalue weighted by Gasteiger charge is 2.39. The molecule has 0 aliphatic carbocycles. The quantitative estimate of drug-likeness (QED) is 0.750. The molecule has 29 heavy (non-hydrogen) atoms. The molecule has 1 N–H and O–H groups in total. The van der Waals surface area contributed by atoms with Gasteiger partial charge in [-0.15, -0.1) is 11.3 Å². The van der Waals surface area contributed by atoms with Gasteiger partial charge in [-0.05, 0) is 38.4 Å². The molecule has 0 unspecified atom stereocenters. The van der Waals surface area contributed by atoms with Crippen molar-refractivity contribution in [2.75, 3.05) is 33.8 Å². The van der Waals surface area contributed by atoms with Gasteiger partial charge < -0.3 is 9.64 Å². The molecule has 9 heteroatoms. The van der Waals surface area contributed by atoms with E-state index < -0.39 is 15.6 Å². The Balaban J connectivity index is 1.80. The maximum absolute atomic E-state index is 13.3. The van der Waals surface area contributed by atoms with Crippen molar-refractivity contribution in [1.29, 1.82) is 0 Å². The van der Waals surface area contributed by atoms with Crippen LogP contribution in [0.25, 0.3) is 0 Å². The highest BCUT2D eigenvalue weighted by Crippen LogP contribution is 2.32. The Morgan fingerprint density at radius 3 is 2.59 bits per heavy atom. The van der Waals surface area contributed by atoms with Gasteiger partial charge in [0.1, 0.15) is 15.5 Å². The zero-order chi connectivity index (χ0) is 21.2. The molecule has 1 saturated heterocycles. The molecule has 158 valence electrons. The van der Waals surface area contributed by atoms with Gasteiger partial charge in [0.15, 0.2) is 0 Å². The minimum absolute atomic E-state index is 0.0337. The van der Waals surface area contributed by atoms with Crippen molar-refractivity contribution in [2.45, 2.75) is 29.6 Å². The maximum atomic E-state index is 13.3. The summed E-state index contributed by atoms with van der Waals surface area (Å²) in [6, 6.07) is 10.9. The van der Waals surface area contributed by atoms with Gasteiger partial charge in [0, 0.05) is 25.2 Å². The largest absolute Gasteiger partial charge is 0.496 e. The van der Waals surface area contributed by atoms with Gasteiger partial charge in [-0.25, -0.2) is 8.42 Å². The highest BCUT2D eigenvalue weighted by atomic mass is 32.2. The van der Waals surface area contributed by atoms with E-state index in [-0.39, 0.29) is 16.2 Å². The number of ether oxygens (including phenoxy) is 1. The number of piperazine rings is 1. The van der Waals surface area contributed by atoms with Crippen LogP contribution >= 0.6 is 11.3 Å². The molecule has 0 saturated carbocycles. The number of amides is 1. The minimum Gasteiger partial charge on any atom is -0.496 e. The molecule has 1 atom stereocenters. The summed E-state index contributed by atoms with van der Waals surface area (Å²) in [6.07, 6.45) is 0. The molecule has 3 rings (SSSR count). The number of hydrogen-bond donors (Lipinski definition) is 1. The minimum atomic E-state index is -3.75. The van der Waals surface area contributed by atoms with E-state index in [1.807, 2.05) is 31.3 Å². The molecule has 1 aromatic carbocycles. The highest BCUT2D eigenvalue weighted by molar-refractivity contribution is 7.91. The molecule has 0 bridgehead atoms. The van der Waals surface area contributed by atoms with Gasteiger partial charge in [0.2, 0.25) is 5.91 Å². The third-order valence-corrected chi connectivity index (χ3v) is 8.17. The SMILES string of the molecule is COc1ccccc1[C@@H]1CN(C(=O)C(C)(C)NS(=O)(=O)c2cccs2)CCN1C. The normalized spacial score (nSPS) is 18.6. The number of carbonyl (C=O) groups is 1. The smallest absolute Gasteiger partial charge is 0.251 e. The molecule has 1 aliphatic rings. The second-order valence-corrected chi connectivity index (χ2v) is 10.5. The average Bonchev–Trinajstić information content (AvgIpc) is 3.23. The van der Waals surface area contributed by atoms with Crippen LogP contribution in [0.5, 0.6) is 5.75 Å². The number of thiophene rings is 1. The number of carbonyl (C=O) groups excluding carboxylic acids is 1. The van der Waals surface area contributed by atoms with Crippen LogP contribution in [0.3, 0.4) is 0 Å². The average molecular weight is 438 g/mol. The number of hydrogen-bond acceptors (Lipinski definition) is 6. The Morgan fingerprint density at radius 2 is 1.93 bits per heavy atom. The van der Waals surface area contributed by atoms with Gasteiger partial charge in [0.25, 0.3) is 10.0 Å². The van der Waals surface area contributed by atoms with Crippen LogP contribution in [0.2, 0.25) is 0 Å². The lowest BCUT2D eigenvalue weighted by Gasteiger charge is -2.42. The van der Waals surface area contributed by atoms with Gasteiger partial charge in [-0.2, -0.15) is 4.72 Å². The number of nitrogens with one attached hydrogen (secondary N) is 1. The molecule has 1 fully saturated rings. The number of benzene rings is 1. The van der Waals surface area contributed by atoms with Gasteiger partial charge >= 0.3 is 0 Å². The fraction of sp³-hybridized carbons (Fsp3) is 0.450. The number of sulfonamides is 1. The number of rotatable bonds is 6. The van der Waals surface area contributed by atoms with Gasteiger partial charge in [-0.1, -0.05) is 24.3 Å². The van der Waals surface area contributed by atoms with Crippen LogP contribution in [0, 0.1) is 0 Å². The molecular weight excluding hydrogens is 410 g/mol. The van der Waals surface area contributed by atoms with Crippen LogP contribution in [0.1, 0.15) is 25.5 Å². The molecular formula is C20H27N3O4S2. The summed E-state index contributed by atoms with van der Waals surface area (Å²) >= 11 is 1.12. The summed E-state index contributed by atoms with van der Waals surface area (Å²) in [4.78, 5) is 17.2. The first-order chi connectivity index (χ1) is 13.7. The fourth-order valence-electron chi connectivity index (χ4n) is 3.58. The summed E-state index contributed by atoms with van der Waals surface area (Å²) in [5.74, 6) is 0.530. The van der Waals surface area contributed by atoms with Crippen molar-refractivity contribution >= 4 is 27.3 Å². The molecule has 0 radical (unpaired) electrons. The molecule has 1 amide bonds. The molecule has 7 nitrogen and oxygen atoms in total. The Hall–Kier alpha value is -1.94. The van der Waals surface area contributed by atoms with E-state index in [1.165, 1.54) is 6.07 Å². The number of likely N-dealkylation sites (N-methyl/N-ethyl adjacent to an activating group) is 1. The van der Waals surface area contributed by atoms with Crippen LogP contribution in [0.4, 0.5) is 0 Å². The monoisotopic (exact) mass is 437 g/mol. The topological polar surface area (TPSA) is 79.0 Å². The third-order valence-electron chi connectivity index (χ3n) is 5.12. The van der Waals surface area contributed by atoms with Gasteiger partial charge in [0.05, 0.1) is 13.2 Å². The summed E-state index contributed by atoms with van der Waals surface area (Å²) in [6.45, 7) is 4.89. The Bertz CT molecular complexity index is 958. The first kappa shape index (κ1) is 21.8. The van der Waals surface area contributed by atoms with Gasteiger partial charge in [-0.3, -0.25) is 9.69 Å². The van der Waals surface area contributed by atoms with Crippen molar-refractivity contribution in [3.63, 3.8) is 0 Å². The molecule has 2 heterocycles. The van der Waals surface area contributed by atoms with Crippen molar-refractivity contribution in [3.8, 4) is 5.75 Å². The summed E-state index contributed by atoms with van der Waals surface area (Å²) < 4.78 is 33.5.